The van der Waals surface area contributed by atoms with Gasteiger partial charge in [0.05, 0.1) is 0 Å². The summed E-state index contributed by atoms with van der Waals surface area (Å²) in [6.45, 7) is 0.869. The first-order valence-electron chi connectivity index (χ1n) is 4.58. The number of thiocarbonyl (C=S) groups is 1. The average molecular weight is 253 g/mol. The fourth-order valence-electron chi connectivity index (χ4n) is 1.32. The molecule has 0 unspecified atom stereocenters. The highest BCUT2D eigenvalue weighted by Gasteiger charge is 2.11. The molecule has 1 aromatic carbocycles. The molecule has 0 saturated carbocycles. The quantitative estimate of drug-likeness (QED) is 0.640. The summed E-state index contributed by atoms with van der Waals surface area (Å²) in [5, 5.41) is 3.13. The Morgan fingerprint density at radius 2 is 2.13 bits per heavy atom. The van der Waals surface area contributed by atoms with Crippen LogP contribution in [0.5, 0.6) is 0 Å². The van der Waals surface area contributed by atoms with Gasteiger partial charge in [0.2, 0.25) is 0 Å². The predicted octanol–water partition coefficient (Wildman–Crippen LogP) is 3.37. The molecule has 0 bridgehead atoms. The van der Waals surface area contributed by atoms with Crippen molar-refractivity contribution >= 4 is 46.1 Å². The first-order valence-corrected chi connectivity index (χ1v) is 7.03. The van der Waals surface area contributed by atoms with E-state index in [1.54, 1.807) is 23.5 Å². The molecule has 4 heteroatoms. The van der Waals surface area contributed by atoms with Gasteiger partial charge in [0, 0.05) is 16.3 Å². The van der Waals surface area contributed by atoms with Gasteiger partial charge < -0.3 is 5.32 Å². The first kappa shape index (κ1) is 11.0. The SMILES string of the molecule is CSc1ccc(/C=C2/CNC(=S)S2)cc1. The maximum Gasteiger partial charge on any atom is 0.138 e. The molecule has 1 saturated heterocycles. The molecule has 15 heavy (non-hydrogen) atoms. The Bertz CT molecular complexity index is 395. The number of benzene rings is 1. The molecular formula is C11H11NS3. The van der Waals surface area contributed by atoms with Crippen LogP contribution in [-0.4, -0.2) is 17.1 Å². The van der Waals surface area contributed by atoms with Crippen LogP contribution in [0.4, 0.5) is 0 Å². The van der Waals surface area contributed by atoms with Gasteiger partial charge in [0.1, 0.15) is 4.32 Å². The second-order valence-electron chi connectivity index (χ2n) is 3.13. The minimum Gasteiger partial charge on any atom is -0.366 e. The largest absolute Gasteiger partial charge is 0.366 e. The van der Waals surface area contributed by atoms with Crippen LogP contribution < -0.4 is 5.32 Å². The van der Waals surface area contributed by atoms with E-state index in [0.717, 1.165) is 10.9 Å². The molecule has 0 atom stereocenters. The third kappa shape index (κ3) is 3.00. The summed E-state index contributed by atoms with van der Waals surface area (Å²) < 4.78 is 0.877. The Morgan fingerprint density at radius 1 is 1.40 bits per heavy atom. The lowest BCUT2D eigenvalue weighted by molar-refractivity contribution is 1.09. The van der Waals surface area contributed by atoms with Crippen LogP contribution in [0.2, 0.25) is 0 Å². The topological polar surface area (TPSA) is 12.0 Å². The van der Waals surface area contributed by atoms with Crippen molar-refractivity contribution in [1.82, 2.24) is 5.32 Å². The summed E-state index contributed by atoms with van der Waals surface area (Å²) >= 11 is 8.47. The predicted molar refractivity (Wildman–Crippen MR) is 74.4 cm³/mol. The minimum absolute atomic E-state index is 0.869. The smallest absolute Gasteiger partial charge is 0.138 e. The van der Waals surface area contributed by atoms with Crippen LogP contribution in [0.1, 0.15) is 5.56 Å². The summed E-state index contributed by atoms with van der Waals surface area (Å²) in [5.74, 6) is 0. The number of hydrogen-bond donors (Lipinski definition) is 1. The molecule has 1 N–H and O–H groups in total. The summed E-state index contributed by atoms with van der Waals surface area (Å²) in [5.41, 5.74) is 1.24. The average Bonchev–Trinajstić information content (AvgIpc) is 2.65. The monoisotopic (exact) mass is 253 g/mol. The molecule has 0 radical (unpaired) electrons. The van der Waals surface area contributed by atoms with E-state index in [4.69, 9.17) is 12.2 Å². The lowest BCUT2D eigenvalue weighted by Gasteiger charge is -1.98. The lowest BCUT2D eigenvalue weighted by Crippen LogP contribution is -2.09. The molecule has 1 aliphatic heterocycles. The van der Waals surface area contributed by atoms with Crippen molar-refractivity contribution in [1.29, 1.82) is 0 Å². The van der Waals surface area contributed by atoms with Crippen LogP contribution in [0, 0.1) is 0 Å². The first-order chi connectivity index (χ1) is 7.28. The van der Waals surface area contributed by atoms with Gasteiger partial charge in [0.25, 0.3) is 0 Å². The minimum atomic E-state index is 0.869. The molecule has 0 aromatic heterocycles. The Hall–Kier alpha value is -0.450. The van der Waals surface area contributed by atoms with Gasteiger partial charge >= 0.3 is 0 Å². The van der Waals surface area contributed by atoms with Gasteiger partial charge in [-0.05, 0) is 30.0 Å². The molecule has 0 amide bonds. The molecule has 1 fully saturated rings. The molecule has 78 valence electrons. The number of nitrogens with one attached hydrogen (secondary N) is 1. The molecule has 1 aromatic rings. The van der Waals surface area contributed by atoms with Crippen LogP contribution in [0.15, 0.2) is 34.1 Å². The summed E-state index contributed by atoms with van der Waals surface area (Å²) in [4.78, 5) is 2.58. The maximum atomic E-state index is 5.06. The van der Waals surface area contributed by atoms with E-state index < -0.39 is 0 Å². The number of hydrogen-bond acceptors (Lipinski definition) is 3. The maximum absolute atomic E-state index is 5.06. The zero-order chi connectivity index (χ0) is 10.7. The van der Waals surface area contributed by atoms with Crippen molar-refractivity contribution < 1.29 is 0 Å². The van der Waals surface area contributed by atoms with Crippen LogP contribution in [-0.2, 0) is 0 Å². The Kier molecular flexibility index (Phi) is 3.72. The Labute approximate surface area is 104 Å². The highest BCUT2D eigenvalue weighted by Crippen LogP contribution is 2.25. The normalized spacial score (nSPS) is 18.2. The fourth-order valence-corrected chi connectivity index (χ4v) is 2.84. The second-order valence-corrected chi connectivity index (χ2v) is 5.81. The molecular weight excluding hydrogens is 242 g/mol. The van der Waals surface area contributed by atoms with Gasteiger partial charge in [0.15, 0.2) is 0 Å². The van der Waals surface area contributed by atoms with E-state index in [1.807, 2.05) is 0 Å². The molecule has 1 heterocycles. The van der Waals surface area contributed by atoms with Crippen LogP contribution in [0.3, 0.4) is 0 Å². The molecule has 2 rings (SSSR count). The van der Waals surface area contributed by atoms with Crippen molar-refractivity contribution in [3.63, 3.8) is 0 Å². The van der Waals surface area contributed by atoms with Crippen molar-refractivity contribution in [2.24, 2.45) is 0 Å². The number of rotatable bonds is 2. The Balaban J connectivity index is 2.13. The standard InChI is InChI=1S/C11H11NS3/c1-14-9-4-2-8(3-5-9)6-10-7-12-11(13)15-10/h2-6H,7H2,1H3,(H,12,13)/b10-6-. The molecule has 0 aliphatic carbocycles. The van der Waals surface area contributed by atoms with Gasteiger partial charge in [-0.3, -0.25) is 0 Å². The van der Waals surface area contributed by atoms with E-state index in [2.05, 4.69) is 41.9 Å². The summed E-state index contributed by atoms with van der Waals surface area (Å²) in [7, 11) is 0. The summed E-state index contributed by atoms with van der Waals surface area (Å²) in [6, 6.07) is 8.56. The van der Waals surface area contributed by atoms with E-state index in [9.17, 15) is 0 Å². The zero-order valence-corrected chi connectivity index (χ0v) is 10.8. The molecule has 1 nitrogen and oxygen atoms in total. The Morgan fingerprint density at radius 3 is 2.67 bits per heavy atom. The van der Waals surface area contributed by atoms with Gasteiger partial charge in [-0.1, -0.05) is 36.1 Å². The van der Waals surface area contributed by atoms with Crippen molar-refractivity contribution in [2.75, 3.05) is 12.8 Å². The highest BCUT2D eigenvalue weighted by atomic mass is 32.2. The van der Waals surface area contributed by atoms with Crippen LogP contribution in [0.25, 0.3) is 6.08 Å². The van der Waals surface area contributed by atoms with Gasteiger partial charge in [-0.25, -0.2) is 0 Å². The van der Waals surface area contributed by atoms with E-state index >= 15 is 0 Å². The van der Waals surface area contributed by atoms with Crippen molar-refractivity contribution in [2.45, 2.75) is 4.90 Å². The lowest BCUT2D eigenvalue weighted by atomic mass is 10.2. The highest BCUT2D eigenvalue weighted by molar-refractivity contribution is 8.26. The van der Waals surface area contributed by atoms with Gasteiger partial charge in [-0.2, -0.15) is 0 Å². The third-order valence-electron chi connectivity index (χ3n) is 2.07. The zero-order valence-electron chi connectivity index (χ0n) is 8.32. The molecule has 0 spiro atoms. The van der Waals surface area contributed by atoms with Crippen molar-refractivity contribution in [3.05, 3.63) is 34.7 Å². The summed E-state index contributed by atoms with van der Waals surface area (Å²) in [6.07, 6.45) is 4.27. The third-order valence-corrected chi connectivity index (χ3v) is 4.07. The van der Waals surface area contributed by atoms with Crippen LogP contribution >= 0.6 is 35.7 Å². The molecule has 1 aliphatic rings. The second kappa shape index (κ2) is 5.05. The van der Waals surface area contributed by atoms with E-state index in [-0.39, 0.29) is 0 Å². The van der Waals surface area contributed by atoms with Crippen molar-refractivity contribution in [3.8, 4) is 0 Å². The van der Waals surface area contributed by atoms with E-state index in [0.29, 0.717) is 0 Å². The van der Waals surface area contributed by atoms with Gasteiger partial charge in [-0.15, -0.1) is 11.8 Å². The number of thioether (sulfide) groups is 2. The van der Waals surface area contributed by atoms with E-state index in [1.165, 1.54) is 15.4 Å². The fraction of sp³-hybridized carbons (Fsp3) is 0.182.